The quantitative estimate of drug-likeness (QED) is 0.470. The van der Waals surface area contributed by atoms with Gasteiger partial charge in [-0.3, -0.25) is 0 Å². The normalized spacial score (nSPS) is 16.1. The van der Waals surface area contributed by atoms with Crippen LogP contribution in [0.3, 0.4) is 0 Å². The van der Waals surface area contributed by atoms with Crippen molar-refractivity contribution in [3.8, 4) is 0 Å². The van der Waals surface area contributed by atoms with Gasteiger partial charge in [0.15, 0.2) is 0 Å². The summed E-state index contributed by atoms with van der Waals surface area (Å²) in [6.45, 7) is 19.1. The van der Waals surface area contributed by atoms with Crippen molar-refractivity contribution in [3.63, 3.8) is 0 Å². The maximum absolute atomic E-state index is 5.75. The van der Waals surface area contributed by atoms with Crippen molar-refractivity contribution in [2.24, 2.45) is 11.3 Å². The second-order valence-corrected chi connectivity index (χ2v) is 8.43. The average molecular weight is 280 g/mol. The highest BCUT2D eigenvalue weighted by molar-refractivity contribution is 6.11. The van der Waals surface area contributed by atoms with Gasteiger partial charge in [0.2, 0.25) is 0 Å². The summed E-state index contributed by atoms with van der Waals surface area (Å²) in [4.78, 5) is 0. The summed E-state index contributed by atoms with van der Waals surface area (Å²) in [6.07, 6.45) is 3.49. The summed E-state index contributed by atoms with van der Waals surface area (Å²) in [5.41, 5.74) is 0.553. The topological polar surface area (TPSA) is 24.1 Å². The molecule has 0 aromatic carbocycles. The van der Waals surface area contributed by atoms with Crippen LogP contribution < -0.4 is 10.6 Å². The van der Waals surface area contributed by atoms with Gasteiger partial charge in [0, 0.05) is 12.1 Å². The van der Waals surface area contributed by atoms with Crippen molar-refractivity contribution in [2.45, 2.75) is 79.1 Å². The minimum atomic E-state index is 0.208. The summed E-state index contributed by atoms with van der Waals surface area (Å²) in [5.74, 6) is 1.02. The fourth-order valence-electron chi connectivity index (χ4n) is 2.42. The summed E-state index contributed by atoms with van der Waals surface area (Å²) in [6, 6.07) is 0. The standard InChI is InChI=1S/C17H37BN2/c1-14(12-19-10-8-9-15(2)18)11-17(6,7)20-13-16(3,4)5/h14-15,19-20H,8-13H2,1-7H3. The first-order valence-corrected chi connectivity index (χ1v) is 8.23. The van der Waals surface area contributed by atoms with Crippen molar-refractivity contribution < 1.29 is 0 Å². The predicted molar refractivity (Wildman–Crippen MR) is 92.6 cm³/mol. The zero-order chi connectivity index (χ0) is 15.8. The van der Waals surface area contributed by atoms with Crippen molar-refractivity contribution in [2.75, 3.05) is 19.6 Å². The molecule has 0 aliphatic heterocycles. The monoisotopic (exact) mass is 280 g/mol. The predicted octanol–water partition coefficient (Wildman–Crippen LogP) is 3.77. The van der Waals surface area contributed by atoms with Gasteiger partial charge < -0.3 is 10.6 Å². The second kappa shape index (κ2) is 9.09. The van der Waals surface area contributed by atoms with E-state index < -0.39 is 0 Å². The minimum absolute atomic E-state index is 0.208. The Morgan fingerprint density at radius 1 is 1.05 bits per heavy atom. The molecule has 3 heteroatoms. The fourth-order valence-corrected chi connectivity index (χ4v) is 2.42. The van der Waals surface area contributed by atoms with Crippen molar-refractivity contribution in [1.82, 2.24) is 10.6 Å². The third-order valence-corrected chi connectivity index (χ3v) is 3.46. The Morgan fingerprint density at radius 3 is 2.15 bits per heavy atom. The summed E-state index contributed by atoms with van der Waals surface area (Å²) < 4.78 is 0. The molecule has 2 unspecified atom stereocenters. The number of hydrogen-bond donors (Lipinski definition) is 2. The summed E-state index contributed by atoms with van der Waals surface area (Å²) in [5, 5.41) is 7.25. The lowest BCUT2D eigenvalue weighted by atomic mass is 9.85. The molecule has 2 atom stereocenters. The smallest absolute Gasteiger partial charge is 0.0695 e. The first-order valence-electron chi connectivity index (χ1n) is 8.23. The maximum Gasteiger partial charge on any atom is 0.0695 e. The lowest BCUT2D eigenvalue weighted by Gasteiger charge is -2.33. The van der Waals surface area contributed by atoms with Crippen LogP contribution in [-0.4, -0.2) is 33.0 Å². The van der Waals surface area contributed by atoms with Crippen LogP contribution in [0.2, 0.25) is 5.82 Å². The highest BCUT2D eigenvalue weighted by Gasteiger charge is 2.22. The van der Waals surface area contributed by atoms with Gasteiger partial charge in [-0.15, -0.1) is 0 Å². The van der Waals surface area contributed by atoms with E-state index in [9.17, 15) is 0 Å². The number of rotatable bonds is 10. The van der Waals surface area contributed by atoms with Crippen LogP contribution >= 0.6 is 0 Å². The summed E-state index contributed by atoms with van der Waals surface area (Å²) >= 11 is 0. The van der Waals surface area contributed by atoms with Crippen LogP contribution in [-0.2, 0) is 0 Å². The first-order chi connectivity index (χ1) is 9.02. The molecule has 0 spiro atoms. The van der Waals surface area contributed by atoms with E-state index in [2.05, 4.69) is 59.1 Å². The van der Waals surface area contributed by atoms with Crippen molar-refractivity contribution in [3.05, 3.63) is 0 Å². The van der Waals surface area contributed by atoms with E-state index in [1.54, 1.807) is 0 Å². The van der Waals surface area contributed by atoms with Gasteiger partial charge in [-0.1, -0.05) is 46.9 Å². The molecule has 0 amide bonds. The van der Waals surface area contributed by atoms with E-state index in [1.807, 2.05) is 0 Å². The molecule has 2 nitrogen and oxygen atoms in total. The fraction of sp³-hybridized carbons (Fsp3) is 1.00. The Balaban J connectivity index is 3.80. The van der Waals surface area contributed by atoms with Crippen LogP contribution in [0, 0.1) is 11.3 Å². The van der Waals surface area contributed by atoms with Gasteiger partial charge in [0.1, 0.15) is 0 Å². The van der Waals surface area contributed by atoms with Crippen molar-refractivity contribution in [1.29, 1.82) is 0 Å². The highest BCUT2D eigenvalue weighted by atomic mass is 15.0. The van der Waals surface area contributed by atoms with Gasteiger partial charge >= 0.3 is 0 Å². The van der Waals surface area contributed by atoms with E-state index in [0.717, 1.165) is 26.1 Å². The van der Waals surface area contributed by atoms with Gasteiger partial charge in [-0.25, -0.2) is 0 Å². The zero-order valence-electron chi connectivity index (χ0n) is 15.0. The van der Waals surface area contributed by atoms with Crippen LogP contribution in [0.4, 0.5) is 0 Å². The van der Waals surface area contributed by atoms with E-state index in [4.69, 9.17) is 7.85 Å². The number of hydrogen-bond acceptors (Lipinski definition) is 2. The van der Waals surface area contributed by atoms with Crippen LogP contribution in [0.15, 0.2) is 0 Å². The van der Waals surface area contributed by atoms with E-state index in [-0.39, 0.29) is 5.54 Å². The molecule has 0 bridgehead atoms. The Morgan fingerprint density at radius 2 is 1.65 bits per heavy atom. The molecule has 0 heterocycles. The molecule has 2 radical (unpaired) electrons. The van der Waals surface area contributed by atoms with Crippen molar-refractivity contribution >= 4 is 7.85 Å². The highest BCUT2D eigenvalue weighted by Crippen LogP contribution is 2.19. The Hall–Kier alpha value is -0.0151. The van der Waals surface area contributed by atoms with Gasteiger partial charge in [0.25, 0.3) is 0 Å². The first kappa shape index (κ1) is 20.0. The van der Waals surface area contributed by atoms with E-state index in [0.29, 0.717) is 17.2 Å². The lowest BCUT2D eigenvalue weighted by molar-refractivity contribution is 0.257. The average Bonchev–Trinajstić information content (AvgIpc) is 2.24. The molecular formula is C17H37BN2. The maximum atomic E-state index is 5.75. The minimum Gasteiger partial charge on any atom is -0.316 e. The third-order valence-electron chi connectivity index (χ3n) is 3.46. The zero-order valence-corrected chi connectivity index (χ0v) is 15.0. The molecule has 20 heavy (non-hydrogen) atoms. The largest absolute Gasteiger partial charge is 0.316 e. The van der Waals surface area contributed by atoms with Crippen LogP contribution in [0.5, 0.6) is 0 Å². The third kappa shape index (κ3) is 13.0. The molecule has 0 saturated carbocycles. The van der Waals surface area contributed by atoms with Crippen LogP contribution in [0.1, 0.15) is 67.7 Å². The molecule has 0 aliphatic rings. The summed E-state index contributed by atoms with van der Waals surface area (Å²) in [7, 11) is 5.75. The van der Waals surface area contributed by atoms with E-state index in [1.165, 1.54) is 12.8 Å². The Kier molecular flexibility index (Phi) is 9.09. The van der Waals surface area contributed by atoms with Gasteiger partial charge in [-0.05, 0) is 51.1 Å². The molecule has 2 N–H and O–H groups in total. The molecule has 118 valence electrons. The molecule has 0 rings (SSSR count). The molecule has 0 aromatic rings. The van der Waals surface area contributed by atoms with E-state index >= 15 is 0 Å². The second-order valence-electron chi connectivity index (χ2n) is 8.43. The Bertz CT molecular complexity index is 244. The lowest BCUT2D eigenvalue weighted by Crippen LogP contribution is -2.45. The molecule has 0 aliphatic carbocycles. The van der Waals surface area contributed by atoms with Gasteiger partial charge in [-0.2, -0.15) is 0 Å². The Labute approximate surface area is 129 Å². The van der Waals surface area contributed by atoms with Crippen LogP contribution in [0.25, 0.3) is 0 Å². The van der Waals surface area contributed by atoms with Gasteiger partial charge in [0.05, 0.1) is 7.85 Å². The molecule has 0 aromatic heterocycles. The number of nitrogens with one attached hydrogen (secondary N) is 2. The molecule has 0 fully saturated rings. The SMILES string of the molecule is [B]C(C)CCCNCC(C)CC(C)(C)NCC(C)(C)C. The molecule has 0 saturated heterocycles. The molecular weight excluding hydrogens is 243 g/mol.